The summed E-state index contributed by atoms with van der Waals surface area (Å²) in [7, 11) is -2.63. The van der Waals surface area contributed by atoms with E-state index in [0.717, 1.165) is 12.8 Å². The molecule has 35 heavy (non-hydrogen) atoms. The van der Waals surface area contributed by atoms with Gasteiger partial charge < -0.3 is 25.4 Å². The summed E-state index contributed by atoms with van der Waals surface area (Å²) in [6.07, 6.45) is 2.47. The Bertz CT molecular complexity index is 651. The van der Waals surface area contributed by atoms with Crippen LogP contribution in [0.5, 0.6) is 0 Å². The number of carbonyl (C=O) groups excluding carboxylic acids is 1. The topological polar surface area (TPSA) is 102 Å². The molecule has 208 valence electrons. The van der Waals surface area contributed by atoms with E-state index in [2.05, 4.69) is 67.7 Å². The average molecular weight is 532 g/mol. The summed E-state index contributed by atoms with van der Waals surface area (Å²) in [5.74, 6) is -0.579. The second-order valence-corrected chi connectivity index (χ2v) is 25.0. The van der Waals surface area contributed by atoms with E-state index >= 15 is 0 Å². The van der Waals surface area contributed by atoms with Crippen molar-refractivity contribution in [2.75, 3.05) is 26.4 Å². The Morgan fingerprint density at radius 3 is 1.60 bits per heavy atom. The van der Waals surface area contributed by atoms with E-state index in [9.17, 15) is 15.0 Å². The molecule has 0 aromatic heterocycles. The van der Waals surface area contributed by atoms with Gasteiger partial charge in [0.2, 0.25) is 5.91 Å². The monoisotopic (exact) mass is 531 g/mol. The van der Waals surface area contributed by atoms with Crippen LogP contribution in [0.25, 0.3) is 0 Å². The highest BCUT2D eigenvalue weighted by molar-refractivity contribution is 6.80. The molecule has 0 aromatic carbocycles. The van der Waals surface area contributed by atoms with Gasteiger partial charge in [0, 0.05) is 25.2 Å². The van der Waals surface area contributed by atoms with Gasteiger partial charge in [-0.15, -0.1) is 0 Å². The first kappa shape index (κ1) is 34.5. The molecule has 0 saturated carbocycles. The zero-order valence-electron chi connectivity index (χ0n) is 24.5. The minimum atomic E-state index is -1.32. The van der Waals surface area contributed by atoms with Crippen LogP contribution in [0, 0.1) is 0 Å². The molecule has 0 radical (unpaired) electrons. The number of aliphatic hydroxyl groups excluding tert-OH is 2. The lowest BCUT2D eigenvalue weighted by Crippen LogP contribution is -2.37. The summed E-state index contributed by atoms with van der Waals surface area (Å²) in [5, 5.41) is 21.2. The van der Waals surface area contributed by atoms with Crippen LogP contribution >= 0.6 is 0 Å². The van der Waals surface area contributed by atoms with Gasteiger partial charge in [-0.05, 0) is 29.3 Å². The third-order valence-corrected chi connectivity index (χ3v) is 19.6. The Hall–Kier alpha value is -0.516. The van der Waals surface area contributed by atoms with Crippen LogP contribution in [0.15, 0.2) is 11.6 Å². The van der Waals surface area contributed by atoms with Crippen LogP contribution in [0.4, 0.5) is 0 Å². The molecule has 0 heterocycles. The predicted molar refractivity (Wildman–Crippen MR) is 153 cm³/mol. The first-order valence-electron chi connectivity index (χ1n) is 13.3. The molecule has 0 spiro atoms. The molecule has 0 saturated heterocycles. The highest BCUT2D eigenvalue weighted by atomic mass is 28.3. The van der Waals surface area contributed by atoms with Gasteiger partial charge in [0.05, 0.1) is 41.6 Å². The Balaban J connectivity index is 4.32. The third-order valence-electron chi connectivity index (χ3n) is 8.27. The van der Waals surface area contributed by atoms with Gasteiger partial charge in [0.15, 0.2) is 0 Å². The number of hydrogen-bond acceptors (Lipinski definition) is 5. The Kier molecular flexibility index (Phi) is 14.8. The van der Waals surface area contributed by atoms with Gasteiger partial charge in [-0.2, -0.15) is 0 Å². The molecule has 0 aromatic rings. The van der Waals surface area contributed by atoms with Crippen LogP contribution < -0.4 is 5.73 Å². The van der Waals surface area contributed by atoms with Crippen molar-refractivity contribution < 1.29 is 24.5 Å². The normalized spacial score (nSPS) is 15.8. The molecule has 0 aliphatic carbocycles. The van der Waals surface area contributed by atoms with Crippen molar-refractivity contribution in [2.24, 2.45) is 5.73 Å². The number of nitrogens with two attached hydrogens (primary N) is 1. The molecular formula is C27H57NO5Si2. The first-order chi connectivity index (χ1) is 15.8. The molecule has 6 nitrogen and oxygen atoms in total. The molecule has 1 amide bonds. The minimum absolute atomic E-state index is 0.123. The van der Waals surface area contributed by atoms with Crippen molar-refractivity contribution in [3.05, 3.63) is 11.6 Å². The van der Waals surface area contributed by atoms with Crippen molar-refractivity contribution in [1.82, 2.24) is 0 Å². The van der Waals surface area contributed by atoms with Crippen LogP contribution in [-0.2, 0) is 14.3 Å². The van der Waals surface area contributed by atoms with E-state index in [0.29, 0.717) is 28.9 Å². The van der Waals surface area contributed by atoms with E-state index in [1.54, 1.807) is 6.08 Å². The predicted octanol–water partition coefficient (Wildman–Crippen LogP) is 5.73. The lowest BCUT2D eigenvalue weighted by atomic mass is 10.1. The Morgan fingerprint density at radius 1 is 0.829 bits per heavy atom. The van der Waals surface area contributed by atoms with Crippen molar-refractivity contribution in [2.45, 2.75) is 128 Å². The second kappa shape index (κ2) is 15.0. The summed E-state index contributed by atoms with van der Waals surface area (Å²) in [6.45, 7) is 25.1. The van der Waals surface area contributed by atoms with Gasteiger partial charge in [-0.3, -0.25) is 4.79 Å². The minimum Gasteiger partial charge on any atom is -0.390 e. The fourth-order valence-corrected chi connectivity index (χ4v) is 6.92. The smallest absolute Gasteiger partial charge is 0.244 e. The van der Waals surface area contributed by atoms with Gasteiger partial charge in [0.25, 0.3) is 0 Å². The number of aliphatic hydroxyl groups is 2. The number of rotatable bonds is 17. The van der Waals surface area contributed by atoms with E-state index in [-0.39, 0.29) is 26.1 Å². The van der Waals surface area contributed by atoms with Gasteiger partial charge >= 0.3 is 0 Å². The maximum atomic E-state index is 11.8. The highest BCUT2D eigenvalue weighted by Crippen LogP contribution is 2.40. The number of amides is 1. The summed E-state index contributed by atoms with van der Waals surface area (Å²) in [6, 6.07) is 2.36. The summed E-state index contributed by atoms with van der Waals surface area (Å²) >= 11 is 0. The highest BCUT2D eigenvalue weighted by Gasteiger charge is 2.34. The summed E-state index contributed by atoms with van der Waals surface area (Å²) in [5.41, 5.74) is 5.81. The molecule has 0 aliphatic rings. The fraction of sp³-hybridized carbons (Fsp3) is 0.889. The number of primary amides is 1. The zero-order valence-corrected chi connectivity index (χ0v) is 26.5. The Labute approximate surface area is 218 Å². The van der Waals surface area contributed by atoms with Crippen LogP contribution in [0.1, 0.15) is 67.2 Å². The maximum absolute atomic E-state index is 11.8. The van der Waals surface area contributed by atoms with E-state index in [1.807, 2.05) is 0 Å². The average Bonchev–Trinajstić information content (AvgIpc) is 2.68. The van der Waals surface area contributed by atoms with Gasteiger partial charge in [0.1, 0.15) is 0 Å². The number of hydrogen-bond donors (Lipinski definition) is 3. The molecule has 0 bridgehead atoms. The molecule has 0 aliphatic heterocycles. The van der Waals surface area contributed by atoms with Crippen molar-refractivity contribution in [3.63, 3.8) is 0 Å². The summed E-state index contributed by atoms with van der Waals surface area (Å²) in [4.78, 5) is 11.8. The quantitative estimate of drug-likeness (QED) is 0.126. The molecule has 4 N–H and O–H groups in total. The van der Waals surface area contributed by atoms with Crippen LogP contribution in [-0.4, -0.2) is 70.9 Å². The van der Waals surface area contributed by atoms with Gasteiger partial charge in [-0.25, -0.2) is 0 Å². The van der Waals surface area contributed by atoms with E-state index in [4.69, 9.17) is 15.2 Å². The zero-order chi connectivity index (χ0) is 27.5. The van der Waals surface area contributed by atoms with Gasteiger partial charge in [-0.1, -0.05) is 85.9 Å². The van der Waals surface area contributed by atoms with Crippen molar-refractivity contribution in [3.8, 4) is 0 Å². The van der Waals surface area contributed by atoms with E-state index in [1.165, 1.54) is 12.1 Å². The SMILES string of the molecule is CC(C)(C)[Si](C)(C)CCCOCC(O)CC=C(CC(O)COCCC[Si](C)(C)C(C)(C)C)C(N)=O. The lowest BCUT2D eigenvalue weighted by molar-refractivity contribution is -0.115. The summed E-state index contributed by atoms with van der Waals surface area (Å²) < 4.78 is 11.3. The van der Waals surface area contributed by atoms with E-state index < -0.39 is 34.3 Å². The van der Waals surface area contributed by atoms with Crippen LogP contribution in [0.2, 0.25) is 48.4 Å². The second-order valence-electron chi connectivity index (χ2n) is 13.5. The molecule has 2 unspecified atom stereocenters. The molecule has 8 heteroatoms. The molecule has 2 atom stereocenters. The largest absolute Gasteiger partial charge is 0.390 e. The first-order valence-corrected chi connectivity index (χ1v) is 19.7. The fourth-order valence-electron chi connectivity index (χ4n) is 3.36. The van der Waals surface area contributed by atoms with Crippen molar-refractivity contribution >= 4 is 22.1 Å². The molecular weight excluding hydrogens is 474 g/mol. The third kappa shape index (κ3) is 14.1. The number of carbonyl (C=O) groups is 1. The van der Waals surface area contributed by atoms with Crippen molar-refractivity contribution in [1.29, 1.82) is 0 Å². The van der Waals surface area contributed by atoms with Crippen LogP contribution in [0.3, 0.4) is 0 Å². The molecule has 0 rings (SSSR count). The molecule has 0 fully saturated rings. The number of ether oxygens (including phenoxy) is 2. The standard InChI is InChI=1S/C27H57NO5Si2/c1-26(2,3)34(7,8)17-11-15-32-20-23(29)14-13-22(25(28)31)19-24(30)21-33-16-12-18-35(9,10)27(4,5)6/h13,23-24,29-30H,11-12,14-21H2,1-10H3,(H2,28,31). The Morgan fingerprint density at radius 2 is 1.23 bits per heavy atom. The maximum Gasteiger partial charge on any atom is 0.244 e. The lowest BCUT2D eigenvalue weighted by Gasteiger charge is -2.37.